The van der Waals surface area contributed by atoms with Gasteiger partial charge in [0.05, 0.1) is 31.4 Å². The molecule has 0 aliphatic carbocycles. The SMILES string of the molecule is COc1ccccc1/C=N/S(=O)(=O)c1ccc2c(c1)OCCCO2. The molecule has 1 aliphatic heterocycles. The average Bonchev–Trinajstić information content (AvgIpc) is 2.85. The van der Waals surface area contributed by atoms with Crippen LogP contribution in [0.4, 0.5) is 0 Å². The molecule has 2 aromatic carbocycles. The lowest BCUT2D eigenvalue weighted by Crippen LogP contribution is -2.00. The van der Waals surface area contributed by atoms with Crippen LogP contribution < -0.4 is 14.2 Å². The van der Waals surface area contributed by atoms with Gasteiger partial charge in [-0.2, -0.15) is 12.8 Å². The lowest BCUT2D eigenvalue weighted by atomic mass is 10.2. The van der Waals surface area contributed by atoms with E-state index in [-0.39, 0.29) is 4.90 Å². The molecule has 0 amide bonds. The van der Waals surface area contributed by atoms with Gasteiger partial charge in [-0.25, -0.2) is 0 Å². The van der Waals surface area contributed by atoms with Crippen molar-refractivity contribution in [2.45, 2.75) is 11.3 Å². The summed E-state index contributed by atoms with van der Waals surface area (Å²) in [6, 6.07) is 11.5. The number of hydrogen-bond donors (Lipinski definition) is 0. The van der Waals surface area contributed by atoms with Crippen molar-refractivity contribution in [3.8, 4) is 17.2 Å². The van der Waals surface area contributed by atoms with Crippen molar-refractivity contribution in [3.05, 3.63) is 48.0 Å². The Labute approximate surface area is 140 Å². The Morgan fingerprint density at radius 2 is 1.83 bits per heavy atom. The molecule has 0 fully saturated rings. The van der Waals surface area contributed by atoms with E-state index in [2.05, 4.69) is 4.40 Å². The Kier molecular flexibility index (Phi) is 4.71. The van der Waals surface area contributed by atoms with Gasteiger partial charge in [0.2, 0.25) is 0 Å². The minimum Gasteiger partial charge on any atom is -0.496 e. The highest BCUT2D eigenvalue weighted by atomic mass is 32.2. The van der Waals surface area contributed by atoms with Crippen molar-refractivity contribution in [1.82, 2.24) is 0 Å². The molecular formula is C17H17NO5S. The van der Waals surface area contributed by atoms with E-state index in [0.717, 1.165) is 6.42 Å². The maximum absolute atomic E-state index is 12.4. The summed E-state index contributed by atoms with van der Waals surface area (Å²) in [6.45, 7) is 1.03. The maximum Gasteiger partial charge on any atom is 0.282 e. The molecule has 1 aliphatic rings. The summed E-state index contributed by atoms with van der Waals surface area (Å²) < 4.78 is 44.8. The van der Waals surface area contributed by atoms with Crippen molar-refractivity contribution in [1.29, 1.82) is 0 Å². The van der Waals surface area contributed by atoms with E-state index in [4.69, 9.17) is 14.2 Å². The number of sulfonamides is 1. The van der Waals surface area contributed by atoms with Gasteiger partial charge in [-0.15, -0.1) is 0 Å². The number of benzene rings is 2. The number of nitrogens with zero attached hydrogens (tertiary/aromatic N) is 1. The van der Waals surface area contributed by atoms with Gasteiger partial charge in [-0.1, -0.05) is 12.1 Å². The maximum atomic E-state index is 12.4. The molecule has 7 heteroatoms. The van der Waals surface area contributed by atoms with Crippen LogP contribution in [0.2, 0.25) is 0 Å². The first-order valence-corrected chi connectivity index (χ1v) is 8.87. The van der Waals surface area contributed by atoms with E-state index in [1.54, 1.807) is 30.3 Å². The molecule has 0 atom stereocenters. The summed E-state index contributed by atoms with van der Waals surface area (Å²) in [4.78, 5) is 0.0536. The van der Waals surface area contributed by atoms with Crippen molar-refractivity contribution < 1.29 is 22.6 Å². The third-order valence-corrected chi connectivity index (χ3v) is 4.72. The lowest BCUT2D eigenvalue weighted by molar-refractivity contribution is 0.297. The number of ether oxygens (including phenoxy) is 3. The minimum absolute atomic E-state index is 0.0536. The molecule has 3 rings (SSSR count). The Morgan fingerprint density at radius 1 is 1.08 bits per heavy atom. The van der Waals surface area contributed by atoms with Crippen molar-refractivity contribution >= 4 is 16.2 Å². The highest BCUT2D eigenvalue weighted by Crippen LogP contribution is 2.32. The zero-order valence-electron chi connectivity index (χ0n) is 13.1. The van der Waals surface area contributed by atoms with Crippen LogP contribution in [0.5, 0.6) is 17.2 Å². The molecule has 0 saturated heterocycles. The number of methoxy groups -OCH3 is 1. The van der Waals surface area contributed by atoms with Gasteiger partial charge in [0, 0.05) is 18.1 Å². The largest absolute Gasteiger partial charge is 0.496 e. The van der Waals surface area contributed by atoms with Crippen molar-refractivity contribution in [3.63, 3.8) is 0 Å². The van der Waals surface area contributed by atoms with Crippen molar-refractivity contribution in [2.24, 2.45) is 4.40 Å². The van der Waals surface area contributed by atoms with E-state index in [1.807, 2.05) is 0 Å². The summed E-state index contributed by atoms with van der Waals surface area (Å²) in [7, 11) is -2.33. The first-order valence-electron chi connectivity index (χ1n) is 7.43. The summed E-state index contributed by atoms with van der Waals surface area (Å²) in [5, 5.41) is 0. The zero-order valence-corrected chi connectivity index (χ0v) is 14.0. The van der Waals surface area contributed by atoms with Crippen LogP contribution in [-0.2, 0) is 10.0 Å². The smallest absolute Gasteiger partial charge is 0.282 e. The predicted octanol–water partition coefficient (Wildman–Crippen LogP) is 2.66. The number of fused-ring (bicyclic) bond motifs is 1. The third kappa shape index (κ3) is 3.51. The third-order valence-electron chi connectivity index (χ3n) is 3.49. The quantitative estimate of drug-likeness (QED) is 0.795. The Hall–Kier alpha value is -2.54. The van der Waals surface area contributed by atoms with Gasteiger partial charge in [-0.3, -0.25) is 0 Å². The highest BCUT2D eigenvalue weighted by Gasteiger charge is 2.17. The summed E-state index contributed by atoms with van der Waals surface area (Å²) in [5.41, 5.74) is 0.581. The van der Waals surface area contributed by atoms with Crippen molar-refractivity contribution in [2.75, 3.05) is 20.3 Å². The molecule has 6 nitrogen and oxygen atoms in total. The standard InChI is InChI=1S/C17H17NO5S/c1-21-15-6-3-2-5-13(15)12-18-24(19,20)14-7-8-16-17(11-14)23-10-4-9-22-16/h2-3,5-8,11-12H,4,9-10H2,1H3/b18-12+. The summed E-state index contributed by atoms with van der Waals surface area (Å²) >= 11 is 0. The molecule has 1 heterocycles. The van der Waals surface area contributed by atoms with Crippen LogP contribution in [0.1, 0.15) is 12.0 Å². The normalized spacial score (nSPS) is 14.4. The zero-order chi connectivity index (χ0) is 17.0. The van der Waals surface area contributed by atoms with Crippen LogP contribution in [-0.4, -0.2) is 35.0 Å². The average molecular weight is 347 g/mol. The first kappa shape index (κ1) is 16.3. The van der Waals surface area contributed by atoms with Gasteiger partial charge in [0.15, 0.2) is 11.5 Å². The predicted molar refractivity (Wildman–Crippen MR) is 89.8 cm³/mol. The molecule has 24 heavy (non-hydrogen) atoms. The second-order valence-electron chi connectivity index (χ2n) is 5.11. The first-order chi connectivity index (χ1) is 11.6. The van der Waals surface area contributed by atoms with E-state index in [0.29, 0.717) is 36.0 Å². The summed E-state index contributed by atoms with van der Waals surface area (Å²) in [5.74, 6) is 1.51. The molecule has 0 unspecified atom stereocenters. The van der Waals surface area contributed by atoms with Gasteiger partial charge in [0.25, 0.3) is 10.0 Å². The molecule has 0 bridgehead atoms. The molecular weight excluding hydrogens is 330 g/mol. The van der Waals surface area contributed by atoms with Gasteiger partial charge in [-0.05, 0) is 24.3 Å². The molecule has 0 N–H and O–H groups in total. The van der Waals surface area contributed by atoms with Gasteiger partial charge < -0.3 is 14.2 Å². The van der Waals surface area contributed by atoms with Crippen LogP contribution >= 0.6 is 0 Å². The molecule has 2 aromatic rings. The monoisotopic (exact) mass is 347 g/mol. The minimum atomic E-state index is -3.85. The van der Waals surface area contributed by atoms with E-state index < -0.39 is 10.0 Å². The van der Waals surface area contributed by atoms with Crippen LogP contribution in [0, 0.1) is 0 Å². The highest BCUT2D eigenvalue weighted by molar-refractivity contribution is 7.90. The summed E-state index contributed by atoms with van der Waals surface area (Å²) in [6.07, 6.45) is 2.03. The van der Waals surface area contributed by atoms with E-state index >= 15 is 0 Å². The van der Waals surface area contributed by atoms with Crippen LogP contribution in [0.15, 0.2) is 51.8 Å². The molecule has 0 radical (unpaired) electrons. The fourth-order valence-corrected chi connectivity index (χ4v) is 3.13. The second-order valence-corrected chi connectivity index (χ2v) is 6.74. The fraction of sp³-hybridized carbons (Fsp3) is 0.235. The number of para-hydroxylation sites is 1. The molecule has 0 aromatic heterocycles. The number of hydrogen-bond acceptors (Lipinski definition) is 5. The number of rotatable bonds is 4. The Balaban J connectivity index is 1.90. The molecule has 126 valence electrons. The van der Waals surface area contributed by atoms with Gasteiger partial charge >= 0.3 is 0 Å². The molecule has 0 spiro atoms. The Bertz CT molecular complexity index is 861. The topological polar surface area (TPSA) is 74.2 Å². The van der Waals surface area contributed by atoms with Crippen LogP contribution in [0.25, 0.3) is 0 Å². The molecule has 0 saturated carbocycles. The second kappa shape index (κ2) is 6.92. The van der Waals surface area contributed by atoms with E-state index in [1.165, 1.54) is 25.5 Å². The lowest BCUT2D eigenvalue weighted by Gasteiger charge is -2.08. The fourth-order valence-electron chi connectivity index (χ4n) is 2.26. The van der Waals surface area contributed by atoms with Crippen LogP contribution in [0.3, 0.4) is 0 Å². The van der Waals surface area contributed by atoms with Gasteiger partial charge in [0.1, 0.15) is 5.75 Å². The Morgan fingerprint density at radius 3 is 2.62 bits per heavy atom. The van der Waals surface area contributed by atoms with E-state index in [9.17, 15) is 8.42 Å².